The van der Waals surface area contributed by atoms with Crippen molar-refractivity contribution in [2.24, 2.45) is 11.1 Å². The van der Waals surface area contributed by atoms with E-state index in [-0.39, 0.29) is 17.0 Å². The third-order valence-corrected chi connectivity index (χ3v) is 3.54. The Morgan fingerprint density at radius 3 is 2.50 bits per heavy atom. The van der Waals surface area contributed by atoms with Crippen molar-refractivity contribution in [1.29, 1.82) is 0 Å². The Balaban J connectivity index is 2.21. The highest BCUT2D eigenvalue weighted by Gasteiger charge is 2.34. The molecule has 0 aliphatic heterocycles. The van der Waals surface area contributed by atoms with Gasteiger partial charge in [0, 0.05) is 11.6 Å². The van der Waals surface area contributed by atoms with E-state index in [0.717, 1.165) is 19.3 Å². The third kappa shape index (κ3) is 2.24. The van der Waals surface area contributed by atoms with E-state index < -0.39 is 11.6 Å². The summed E-state index contributed by atoms with van der Waals surface area (Å²) in [4.78, 5) is 0. The fourth-order valence-electron chi connectivity index (χ4n) is 2.66. The van der Waals surface area contributed by atoms with E-state index >= 15 is 0 Å². The molecular weight excluding hydrogens is 208 g/mol. The van der Waals surface area contributed by atoms with Crippen LogP contribution in [0.15, 0.2) is 18.2 Å². The molecule has 1 aliphatic rings. The number of halogens is 2. The molecule has 0 heterocycles. The van der Waals surface area contributed by atoms with Crippen LogP contribution in [0.3, 0.4) is 0 Å². The van der Waals surface area contributed by atoms with Crippen LogP contribution >= 0.6 is 0 Å². The van der Waals surface area contributed by atoms with Gasteiger partial charge in [0.2, 0.25) is 0 Å². The summed E-state index contributed by atoms with van der Waals surface area (Å²) in [5.74, 6) is -0.886. The van der Waals surface area contributed by atoms with E-state index in [1.54, 1.807) is 0 Å². The molecule has 0 bridgehead atoms. The molecule has 0 radical (unpaired) electrons. The lowest BCUT2D eigenvalue weighted by atomic mass is 9.81. The first-order valence-corrected chi connectivity index (χ1v) is 5.69. The zero-order chi connectivity index (χ0) is 11.8. The van der Waals surface area contributed by atoms with Crippen LogP contribution in [0.5, 0.6) is 0 Å². The molecule has 1 nitrogen and oxygen atoms in total. The molecule has 1 aromatic rings. The molecule has 0 aromatic heterocycles. The average Bonchev–Trinajstić information content (AvgIpc) is 2.53. The van der Waals surface area contributed by atoms with Gasteiger partial charge in [0.05, 0.1) is 0 Å². The Kier molecular flexibility index (Phi) is 2.98. The molecule has 2 atom stereocenters. The minimum absolute atomic E-state index is 0.0531. The van der Waals surface area contributed by atoms with E-state index in [2.05, 4.69) is 6.92 Å². The second-order valence-electron chi connectivity index (χ2n) is 5.19. The predicted octanol–water partition coefficient (Wildman–Crippen LogP) is 3.02. The SMILES string of the molecule is CC1(Cc2c(F)cccc2F)CCC(N)C1. The van der Waals surface area contributed by atoms with Crippen LogP contribution in [0, 0.1) is 17.0 Å². The Morgan fingerprint density at radius 2 is 2.00 bits per heavy atom. The monoisotopic (exact) mass is 225 g/mol. The second kappa shape index (κ2) is 4.13. The van der Waals surface area contributed by atoms with Gasteiger partial charge in [-0.15, -0.1) is 0 Å². The van der Waals surface area contributed by atoms with E-state index in [1.807, 2.05) is 0 Å². The number of benzene rings is 1. The smallest absolute Gasteiger partial charge is 0.129 e. The number of rotatable bonds is 2. The summed E-state index contributed by atoms with van der Waals surface area (Å²) in [5.41, 5.74) is 6.01. The molecule has 1 aliphatic carbocycles. The summed E-state index contributed by atoms with van der Waals surface area (Å²) in [6.45, 7) is 2.06. The van der Waals surface area contributed by atoms with Gasteiger partial charge in [-0.1, -0.05) is 13.0 Å². The maximum atomic E-state index is 13.5. The number of hydrogen-bond acceptors (Lipinski definition) is 1. The van der Waals surface area contributed by atoms with Crippen molar-refractivity contribution in [3.05, 3.63) is 35.4 Å². The Hall–Kier alpha value is -0.960. The molecule has 1 saturated carbocycles. The van der Waals surface area contributed by atoms with E-state index in [9.17, 15) is 8.78 Å². The molecule has 0 amide bonds. The second-order valence-corrected chi connectivity index (χ2v) is 5.19. The van der Waals surface area contributed by atoms with Crippen LogP contribution < -0.4 is 5.73 Å². The van der Waals surface area contributed by atoms with Crippen LogP contribution in [-0.4, -0.2) is 6.04 Å². The van der Waals surface area contributed by atoms with Crippen LogP contribution in [0.25, 0.3) is 0 Å². The minimum atomic E-state index is -0.443. The van der Waals surface area contributed by atoms with Crippen molar-refractivity contribution in [2.45, 2.75) is 38.6 Å². The van der Waals surface area contributed by atoms with Crippen LogP contribution in [0.4, 0.5) is 8.78 Å². The summed E-state index contributed by atoms with van der Waals surface area (Å²) >= 11 is 0. The quantitative estimate of drug-likeness (QED) is 0.822. The maximum absolute atomic E-state index is 13.5. The van der Waals surface area contributed by atoms with Gasteiger partial charge in [0.25, 0.3) is 0 Å². The van der Waals surface area contributed by atoms with Crippen molar-refractivity contribution in [3.8, 4) is 0 Å². The average molecular weight is 225 g/mol. The molecule has 0 spiro atoms. The number of hydrogen-bond donors (Lipinski definition) is 1. The van der Waals surface area contributed by atoms with Crippen molar-refractivity contribution in [2.75, 3.05) is 0 Å². The predicted molar refractivity (Wildman–Crippen MR) is 60.0 cm³/mol. The molecule has 2 rings (SSSR count). The summed E-state index contributed by atoms with van der Waals surface area (Å²) in [6.07, 6.45) is 3.19. The zero-order valence-electron chi connectivity index (χ0n) is 9.47. The van der Waals surface area contributed by atoms with Gasteiger partial charge in [-0.25, -0.2) is 8.78 Å². The Labute approximate surface area is 94.7 Å². The van der Waals surface area contributed by atoms with Crippen molar-refractivity contribution >= 4 is 0 Å². The van der Waals surface area contributed by atoms with Gasteiger partial charge in [-0.3, -0.25) is 0 Å². The summed E-state index contributed by atoms with van der Waals surface area (Å²) in [6, 6.07) is 4.21. The molecule has 16 heavy (non-hydrogen) atoms. The molecule has 2 N–H and O–H groups in total. The first-order chi connectivity index (χ1) is 7.50. The van der Waals surface area contributed by atoms with E-state index in [1.165, 1.54) is 18.2 Å². The van der Waals surface area contributed by atoms with Crippen LogP contribution in [-0.2, 0) is 6.42 Å². The topological polar surface area (TPSA) is 26.0 Å². The lowest BCUT2D eigenvalue weighted by Crippen LogP contribution is -2.22. The molecule has 2 unspecified atom stereocenters. The summed E-state index contributed by atoms with van der Waals surface area (Å²) < 4.78 is 27.0. The highest BCUT2D eigenvalue weighted by Crippen LogP contribution is 2.40. The number of nitrogens with two attached hydrogens (primary N) is 1. The highest BCUT2D eigenvalue weighted by molar-refractivity contribution is 5.21. The molecule has 1 aromatic carbocycles. The minimum Gasteiger partial charge on any atom is -0.328 e. The molecule has 88 valence electrons. The largest absolute Gasteiger partial charge is 0.328 e. The highest BCUT2D eigenvalue weighted by atomic mass is 19.1. The summed E-state index contributed by atoms with van der Waals surface area (Å²) in [7, 11) is 0. The molecule has 1 fully saturated rings. The van der Waals surface area contributed by atoms with Crippen LogP contribution in [0.1, 0.15) is 31.7 Å². The fraction of sp³-hybridized carbons (Fsp3) is 0.538. The molecule has 0 saturated heterocycles. The first-order valence-electron chi connectivity index (χ1n) is 5.69. The lowest BCUT2D eigenvalue weighted by molar-refractivity contribution is 0.318. The van der Waals surface area contributed by atoms with Crippen molar-refractivity contribution in [1.82, 2.24) is 0 Å². The van der Waals surface area contributed by atoms with E-state index in [4.69, 9.17) is 5.73 Å². The molecular formula is C13H17F2N. The van der Waals surface area contributed by atoms with Gasteiger partial charge in [-0.05, 0) is 43.2 Å². The summed E-state index contributed by atoms with van der Waals surface area (Å²) in [5, 5.41) is 0. The molecule has 3 heteroatoms. The van der Waals surface area contributed by atoms with Gasteiger partial charge < -0.3 is 5.73 Å². The normalized spacial score (nSPS) is 29.6. The van der Waals surface area contributed by atoms with Crippen molar-refractivity contribution < 1.29 is 8.78 Å². The van der Waals surface area contributed by atoms with Gasteiger partial charge in [-0.2, -0.15) is 0 Å². The third-order valence-electron chi connectivity index (χ3n) is 3.54. The van der Waals surface area contributed by atoms with E-state index in [0.29, 0.717) is 6.42 Å². The first kappa shape index (κ1) is 11.5. The van der Waals surface area contributed by atoms with Gasteiger partial charge in [0.1, 0.15) is 11.6 Å². The van der Waals surface area contributed by atoms with Gasteiger partial charge in [0.15, 0.2) is 0 Å². The Morgan fingerprint density at radius 1 is 1.38 bits per heavy atom. The zero-order valence-corrected chi connectivity index (χ0v) is 9.47. The van der Waals surface area contributed by atoms with Crippen LogP contribution in [0.2, 0.25) is 0 Å². The fourth-order valence-corrected chi connectivity index (χ4v) is 2.66. The maximum Gasteiger partial charge on any atom is 0.129 e. The Bertz CT molecular complexity index is 371. The standard InChI is InChI=1S/C13H17F2N/c1-13(6-5-9(16)7-13)8-10-11(14)3-2-4-12(10)15/h2-4,9H,5-8,16H2,1H3. The van der Waals surface area contributed by atoms with Crippen molar-refractivity contribution in [3.63, 3.8) is 0 Å². The van der Waals surface area contributed by atoms with Gasteiger partial charge >= 0.3 is 0 Å². The lowest BCUT2D eigenvalue weighted by Gasteiger charge is -2.24.